The van der Waals surface area contributed by atoms with Gasteiger partial charge < -0.3 is 9.84 Å². The summed E-state index contributed by atoms with van der Waals surface area (Å²) in [5.41, 5.74) is 0. The summed E-state index contributed by atoms with van der Waals surface area (Å²) in [5, 5.41) is 9.86. The Morgan fingerprint density at radius 1 is 1.62 bits per heavy atom. The lowest BCUT2D eigenvalue weighted by atomic mass is 10.1. The number of aliphatic hydroxyl groups is 1. The molecule has 1 N–H and O–H groups in total. The Morgan fingerprint density at radius 3 is 3.00 bits per heavy atom. The fraction of sp³-hybridized carbons (Fsp3) is 0.556. The second-order valence-electron chi connectivity index (χ2n) is 3.14. The minimum atomic E-state index is -0.500. The van der Waals surface area contributed by atoms with Crippen LogP contribution in [0.25, 0.3) is 0 Å². The number of hydrogen-bond donors (Lipinski definition) is 1. The smallest absolute Gasteiger partial charge is 0.114 e. The first-order valence-electron chi connectivity index (χ1n) is 4.32. The second-order valence-corrected chi connectivity index (χ2v) is 4.88. The second kappa shape index (κ2) is 3.96. The number of aliphatic hydroxyl groups excluding tert-OH is 1. The Balaban J connectivity index is 2.07. The van der Waals surface area contributed by atoms with Gasteiger partial charge in [-0.1, -0.05) is 11.6 Å². The van der Waals surface area contributed by atoms with Crippen LogP contribution in [0, 0.1) is 0 Å². The predicted octanol–water partition coefficient (Wildman–Crippen LogP) is 2.61. The standard InChI is InChI=1S/C9H11ClO2S/c10-8-4-3-7(13-8)9(11)6-2-1-5-12-6/h3-4,6,9,11H,1-2,5H2. The molecule has 1 aliphatic heterocycles. The zero-order valence-electron chi connectivity index (χ0n) is 7.07. The number of thiophene rings is 1. The number of hydrogen-bond acceptors (Lipinski definition) is 3. The zero-order valence-corrected chi connectivity index (χ0v) is 8.64. The molecule has 1 saturated heterocycles. The van der Waals surface area contributed by atoms with Crippen molar-refractivity contribution in [1.29, 1.82) is 0 Å². The highest BCUT2D eigenvalue weighted by Gasteiger charge is 2.26. The van der Waals surface area contributed by atoms with E-state index in [4.69, 9.17) is 16.3 Å². The van der Waals surface area contributed by atoms with Gasteiger partial charge in [0.25, 0.3) is 0 Å². The summed E-state index contributed by atoms with van der Waals surface area (Å²) in [5.74, 6) is 0. The van der Waals surface area contributed by atoms with Gasteiger partial charge in [0, 0.05) is 11.5 Å². The largest absolute Gasteiger partial charge is 0.385 e. The molecule has 0 amide bonds. The van der Waals surface area contributed by atoms with Crippen molar-refractivity contribution in [3.8, 4) is 0 Å². The molecular formula is C9H11ClO2S. The van der Waals surface area contributed by atoms with Gasteiger partial charge in [-0.25, -0.2) is 0 Å². The molecule has 2 heterocycles. The average Bonchev–Trinajstić information content (AvgIpc) is 2.72. The minimum absolute atomic E-state index is 0.0327. The SMILES string of the molecule is OC(c1ccc(Cl)s1)C1CCCO1. The summed E-state index contributed by atoms with van der Waals surface area (Å²) < 4.78 is 6.11. The lowest BCUT2D eigenvalue weighted by molar-refractivity contribution is -0.000770. The van der Waals surface area contributed by atoms with Gasteiger partial charge in [0.2, 0.25) is 0 Å². The molecule has 0 radical (unpaired) electrons. The van der Waals surface area contributed by atoms with E-state index >= 15 is 0 Å². The maximum Gasteiger partial charge on any atom is 0.114 e. The van der Waals surface area contributed by atoms with Crippen molar-refractivity contribution in [2.75, 3.05) is 6.61 Å². The Kier molecular flexibility index (Phi) is 2.89. The summed E-state index contributed by atoms with van der Waals surface area (Å²) in [6.07, 6.45) is 1.45. The molecule has 1 aromatic rings. The monoisotopic (exact) mass is 218 g/mol. The van der Waals surface area contributed by atoms with Crippen molar-refractivity contribution in [2.24, 2.45) is 0 Å². The average molecular weight is 219 g/mol. The molecule has 0 aliphatic carbocycles. The van der Waals surface area contributed by atoms with Gasteiger partial charge in [-0.15, -0.1) is 11.3 Å². The molecule has 2 rings (SSSR count). The van der Waals surface area contributed by atoms with E-state index in [1.165, 1.54) is 11.3 Å². The molecule has 1 aliphatic rings. The van der Waals surface area contributed by atoms with Gasteiger partial charge >= 0.3 is 0 Å². The van der Waals surface area contributed by atoms with Crippen molar-refractivity contribution >= 4 is 22.9 Å². The van der Waals surface area contributed by atoms with Crippen molar-refractivity contribution in [2.45, 2.75) is 25.0 Å². The van der Waals surface area contributed by atoms with Gasteiger partial charge in [0.05, 0.1) is 10.4 Å². The Bertz CT molecular complexity index is 281. The predicted molar refractivity (Wildman–Crippen MR) is 53.3 cm³/mol. The first-order chi connectivity index (χ1) is 6.27. The molecule has 1 fully saturated rings. The van der Waals surface area contributed by atoms with E-state index in [-0.39, 0.29) is 6.10 Å². The molecule has 0 spiro atoms. The Morgan fingerprint density at radius 2 is 2.46 bits per heavy atom. The van der Waals surface area contributed by atoms with Gasteiger partial charge in [0.1, 0.15) is 6.10 Å². The molecule has 0 bridgehead atoms. The first-order valence-corrected chi connectivity index (χ1v) is 5.52. The first kappa shape index (κ1) is 9.46. The number of ether oxygens (including phenoxy) is 1. The fourth-order valence-electron chi connectivity index (χ4n) is 1.52. The minimum Gasteiger partial charge on any atom is -0.385 e. The lowest BCUT2D eigenvalue weighted by Gasteiger charge is -2.15. The highest BCUT2D eigenvalue weighted by atomic mass is 35.5. The van der Waals surface area contributed by atoms with Crippen LogP contribution >= 0.6 is 22.9 Å². The van der Waals surface area contributed by atoms with Gasteiger partial charge in [0.15, 0.2) is 0 Å². The molecule has 13 heavy (non-hydrogen) atoms. The van der Waals surface area contributed by atoms with E-state index in [1.54, 1.807) is 6.07 Å². The highest BCUT2D eigenvalue weighted by Crippen LogP contribution is 2.32. The third kappa shape index (κ3) is 2.05. The summed E-state index contributed by atoms with van der Waals surface area (Å²) in [7, 11) is 0. The van der Waals surface area contributed by atoms with E-state index in [0.29, 0.717) is 4.34 Å². The summed E-state index contributed by atoms with van der Waals surface area (Å²) >= 11 is 7.20. The maximum atomic E-state index is 9.86. The molecule has 4 heteroatoms. The molecule has 72 valence electrons. The van der Waals surface area contributed by atoms with Crippen molar-refractivity contribution in [3.63, 3.8) is 0 Å². The van der Waals surface area contributed by atoms with Gasteiger partial charge in [-0.3, -0.25) is 0 Å². The summed E-state index contributed by atoms with van der Waals surface area (Å²) in [6, 6.07) is 3.67. The van der Waals surface area contributed by atoms with Crippen LogP contribution < -0.4 is 0 Å². The molecule has 2 nitrogen and oxygen atoms in total. The lowest BCUT2D eigenvalue weighted by Crippen LogP contribution is -2.15. The number of halogens is 1. The van der Waals surface area contributed by atoms with E-state index in [1.807, 2.05) is 6.07 Å². The molecule has 1 aromatic heterocycles. The van der Waals surface area contributed by atoms with Crippen LogP contribution in [0.5, 0.6) is 0 Å². The van der Waals surface area contributed by atoms with Crippen molar-refractivity contribution < 1.29 is 9.84 Å². The summed E-state index contributed by atoms with van der Waals surface area (Å²) in [6.45, 7) is 0.765. The van der Waals surface area contributed by atoms with Crippen LogP contribution in [0.1, 0.15) is 23.8 Å². The Labute approximate surface area is 86.1 Å². The van der Waals surface area contributed by atoms with Gasteiger partial charge in [-0.05, 0) is 25.0 Å². The molecule has 0 aromatic carbocycles. The maximum absolute atomic E-state index is 9.86. The van der Waals surface area contributed by atoms with Crippen LogP contribution in [0.15, 0.2) is 12.1 Å². The highest BCUT2D eigenvalue weighted by molar-refractivity contribution is 7.16. The molecule has 2 unspecified atom stereocenters. The normalized spacial score (nSPS) is 24.9. The zero-order chi connectivity index (χ0) is 9.26. The van der Waals surface area contributed by atoms with E-state index in [2.05, 4.69) is 0 Å². The van der Waals surface area contributed by atoms with Crippen molar-refractivity contribution in [1.82, 2.24) is 0 Å². The molecule has 0 saturated carbocycles. The van der Waals surface area contributed by atoms with Crippen LogP contribution in [0.3, 0.4) is 0 Å². The third-order valence-electron chi connectivity index (χ3n) is 2.20. The van der Waals surface area contributed by atoms with Crippen LogP contribution in [-0.2, 0) is 4.74 Å². The topological polar surface area (TPSA) is 29.5 Å². The van der Waals surface area contributed by atoms with E-state index < -0.39 is 6.10 Å². The third-order valence-corrected chi connectivity index (χ3v) is 3.50. The number of rotatable bonds is 2. The molecular weight excluding hydrogens is 208 g/mol. The Hall–Kier alpha value is -0.0900. The van der Waals surface area contributed by atoms with Crippen LogP contribution in [0.2, 0.25) is 4.34 Å². The van der Waals surface area contributed by atoms with E-state index in [9.17, 15) is 5.11 Å². The van der Waals surface area contributed by atoms with Crippen LogP contribution in [0.4, 0.5) is 0 Å². The van der Waals surface area contributed by atoms with E-state index in [0.717, 1.165) is 24.3 Å². The summed E-state index contributed by atoms with van der Waals surface area (Å²) in [4.78, 5) is 0.900. The fourth-order valence-corrected chi connectivity index (χ4v) is 2.62. The quantitative estimate of drug-likeness (QED) is 0.827. The van der Waals surface area contributed by atoms with Crippen LogP contribution in [-0.4, -0.2) is 17.8 Å². The van der Waals surface area contributed by atoms with Crippen molar-refractivity contribution in [3.05, 3.63) is 21.3 Å². The molecule has 2 atom stereocenters. The van der Waals surface area contributed by atoms with Gasteiger partial charge in [-0.2, -0.15) is 0 Å².